The summed E-state index contributed by atoms with van der Waals surface area (Å²) >= 11 is 12.5. The topological polar surface area (TPSA) is 86.8 Å². The van der Waals surface area contributed by atoms with Crippen LogP contribution in [0.4, 0.5) is 10.1 Å². The number of benzene rings is 3. The van der Waals surface area contributed by atoms with Crippen molar-refractivity contribution in [3.05, 3.63) is 99.8 Å². The number of amides is 2. The standard InChI is InChI=1S/C29H32Cl2FN3O4S/c1-4-20(2)33-29(37)26(17-21-9-6-5-7-10-21)34(18-22-13-15-23(32)16-14-22)27(36)19-35(40(3,38)39)25-12-8-11-24(30)28(25)31/h5-16,20,26H,4,17-19H2,1-3H3,(H,33,37)/t20-,26+/m0/s1. The first-order valence-electron chi connectivity index (χ1n) is 12.7. The Morgan fingerprint density at radius 2 is 1.60 bits per heavy atom. The molecule has 3 rings (SSSR count). The van der Waals surface area contributed by atoms with Crippen LogP contribution in [0.3, 0.4) is 0 Å². The molecule has 2 amide bonds. The summed E-state index contributed by atoms with van der Waals surface area (Å²) in [7, 11) is -4.00. The Morgan fingerprint density at radius 1 is 0.950 bits per heavy atom. The van der Waals surface area contributed by atoms with E-state index >= 15 is 0 Å². The molecule has 0 saturated heterocycles. The smallest absolute Gasteiger partial charge is 0.244 e. The first-order valence-corrected chi connectivity index (χ1v) is 15.3. The molecule has 40 heavy (non-hydrogen) atoms. The van der Waals surface area contributed by atoms with E-state index in [0.29, 0.717) is 12.0 Å². The molecule has 0 spiro atoms. The van der Waals surface area contributed by atoms with E-state index < -0.39 is 34.3 Å². The average Bonchev–Trinajstić information content (AvgIpc) is 2.91. The van der Waals surface area contributed by atoms with Gasteiger partial charge in [0.1, 0.15) is 18.4 Å². The molecule has 0 radical (unpaired) electrons. The fourth-order valence-corrected chi connectivity index (χ4v) is 5.36. The summed E-state index contributed by atoms with van der Waals surface area (Å²) in [6.07, 6.45) is 1.80. The second kappa shape index (κ2) is 14.0. The van der Waals surface area contributed by atoms with Crippen LogP contribution in [0, 0.1) is 5.82 Å². The largest absolute Gasteiger partial charge is 0.352 e. The molecule has 0 bridgehead atoms. The van der Waals surface area contributed by atoms with Gasteiger partial charge in [-0.25, -0.2) is 12.8 Å². The van der Waals surface area contributed by atoms with Crippen molar-refractivity contribution in [3.63, 3.8) is 0 Å². The van der Waals surface area contributed by atoms with Crippen LogP contribution in [0.5, 0.6) is 0 Å². The number of anilines is 1. The molecule has 11 heteroatoms. The predicted molar refractivity (Wildman–Crippen MR) is 157 cm³/mol. The normalized spacial score (nSPS) is 12.8. The van der Waals surface area contributed by atoms with Crippen molar-refractivity contribution in [1.82, 2.24) is 10.2 Å². The number of sulfonamides is 1. The fourth-order valence-electron chi connectivity index (χ4n) is 4.06. The molecule has 0 aromatic heterocycles. The van der Waals surface area contributed by atoms with Crippen molar-refractivity contribution in [2.75, 3.05) is 17.1 Å². The van der Waals surface area contributed by atoms with Crippen LogP contribution in [-0.4, -0.2) is 50.0 Å². The average molecular weight is 609 g/mol. The maximum Gasteiger partial charge on any atom is 0.244 e. The third kappa shape index (κ3) is 8.43. The summed E-state index contributed by atoms with van der Waals surface area (Å²) in [5, 5.41) is 3.05. The van der Waals surface area contributed by atoms with E-state index in [2.05, 4.69) is 5.32 Å². The van der Waals surface area contributed by atoms with Gasteiger partial charge in [-0.1, -0.05) is 78.7 Å². The van der Waals surface area contributed by atoms with E-state index in [9.17, 15) is 22.4 Å². The van der Waals surface area contributed by atoms with Crippen LogP contribution in [0.2, 0.25) is 10.0 Å². The molecule has 3 aromatic carbocycles. The fraction of sp³-hybridized carbons (Fsp3) is 0.310. The van der Waals surface area contributed by atoms with Gasteiger partial charge >= 0.3 is 0 Å². The third-order valence-corrected chi connectivity index (χ3v) is 8.35. The Kier molecular flexibility index (Phi) is 11.0. The summed E-state index contributed by atoms with van der Waals surface area (Å²) in [6.45, 7) is 3.08. The monoisotopic (exact) mass is 607 g/mol. The van der Waals surface area contributed by atoms with E-state index in [1.54, 1.807) is 0 Å². The molecule has 214 valence electrons. The third-order valence-electron chi connectivity index (χ3n) is 6.42. The Morgan fingerprint density at radius 3 is 2.20 bits per heavy atom. The lowest BCUT2D eigenvalue weighted by atomic mass is 10.0. The molecule has 0 saturated carbocycles. The molecule has 1 N–H and O–H groups in total. The zero-order valence-corrected chi connectivity index (χ0v) is 24.8. The summed E-state index contributed by atoms with van der Waals surface area (Å²) < 4.78 is 40.2. The highest BCUT2D eigenvalue weighted by molar-refractivity contribution is 7.92. The van der Waals surface area contributed by atoms with Gasteiger partial charge in [0.15, 0.2) is 0 Å². The van der Waals surface area contributed by atoms with Crippen LogP contribution >= 0.6 is 23.2 Å². The minimum Gasteiger partial charge on any atom is -0.352 e. The van der Waals surface area contributed by atoms with Crippen LogP contribution < -0.4 is 9.62 Å². The quantitative estimate of drug-likeness (QED) is 0.296. The number of nitrogens with one attached hydrogen (secondary N) is 1. The first kappa shape index (κ1) is 31.4. The van der Waals surface area contributed by atoms with Gasteiger partial charge in [0.05, 0.1) is 22.0 Å². The van der Waals surface area contributed by atoms with Gasteiger partial charge in [-0.2, -0.15) is 0 Å². The first-order chi connectivity index (χ1) is 18.9. The lowest BCUT2D eigenvalue weighted by Gasteiger charge is -2.34. The minimum absolute atomic E-state index is 0.0252. The number of carbonyl (C=O) groups excluding carboxylic acids is 2. The van der Waals surface area contributed by atoms with Crippen molar-refractivity contribution in [2.45, 2.75) is 45.3 Å². The summed E-state index contributed by atoms with van der Waals surface area (Å²) in [4.78, 5) is 29.0. The number of halogens is 3. The van der Waals surface area contributed by atoms with Gasteiger partial charge in [-0.05, 0) is 48.7 Å². The molecular formula is C29H32Cl2FN3O4S. The lowest BCUT2D eigenvalue weighted by molar-refractivity contribution is -0.140. The van der Waals surface area contributed by atoms with Crippen LogP contribution in [-0.2, 0) is 32.6 Å². The van der Waals surface area contributed by atoms with Gasteiger partial charge in [-0.3, -0.25) is 13.9 Å². The number of carbonyl (C=O) groups is 2. The van der Waals surface area contributed by atoms with Crippen molar-refractivity contribution >= 4 is 50.7 Å². The zero-order valence-electron chi connectivity index (χ0n) is 22.5. The van der Waals surface area contributed by atoms with E-state index in [1.165, 1.54) is 47.4 Å². The Labute approximate surface area is 244 Å². The van der Waals surface area contributed by atoms with Crippen LogP contribution in [0.15, 0.2) is 72.8 Å². The number of nitrogens with zero attached hydrogens (tertiary/aromatic N) is 2. The molecule has 0 aliphatic heterocycles. The number of hydrogen-bond donors (Lipinski definition) is 1. The Balaban J connectivity index is 2.08. The molecule has 0 aliphatic carbocycles. The van der Waals surface area contributed by atoms with E-state index in [1.807, 2.05) is 44.2 Å². The second-order valence-electron chi connectivity index (χ2n) is 9.51. The summed E-state index contributed by atoms with van der Waals surface area (Å²) in [5.74, 6) is -1.48. The van der Waals surface area contributed by atoms with Gasteiger partial charge < -0.3 is 10.2 Å². The highest BCUT2D eigenvalue weighted by Crippen LogP contribution is 2.34. The second-order valence-corrected chi connectivity index (χ2v) is 12.2. The molecule has 0 aliphatic rings. The minimum atomic E-state index is -4.00. The maximum atomic E-state index is 14.0. The van der Waals surface area contributed by atoms with Gasteiger partial charge in [0.25, 0.3) is 0 Å². The van der Waals surface area contributed by atoms with E-state index in [4.69, 9.17) is 23.2 Å². The van der Waals surface area contributed by atoms with Crippen molar-refractivity contribution in [3.8, 4) is 0 Å². The summed E-state index contributed by atoms with van der Waals surface area (Å²) in [5.41, 5.74) is 1.41. The van der Waals surface area contributed by atoms with Crippen molar-refractivity contribution in [1.29, 1.82) is 0 Å². The molecule has 0 heterocycles. The SMILES string of the molecule is CC[C@H](C)NC(=O)[C@@H](Cc1ccccc1)N(Cc1ccc(F)cc1)C(=O)CN(c1cccc(Cl)c1Cl)S(C)(=O)=O. The Hall–Kier alpha value is -3.14. The van der Waals surface area contributed by atoms with Crippen LogP contribution in [0.25, 0.3) is 0 Å². The highest BCUT2D eigenvalue weighted by Gasteiger charge is 2.34. The molecule has 3 aromatic rings. The molecular weight excluding hydrogens is 576 g/mol. The van der Waals surface area contributed by atoms with Gasteiger partial charge in [-0.15, -0.1) is 0 Å². The maximum absolute atomic E-state index is 14.0. The van der Waals surface area contributed by atoms with E-state index in [0.717, 1.165) is 16.1 Å². The van der Waals surface area contributed by atoms with Gasteiger partial charge in [0.2, 0.25) is 21.8 Å². The van der Waals surface area contributed by atoms with Crippen molar-refractivity contribution < 1.29 is 22.4 Å². The molecule has 7 nitrogen and oxygen atoms in total. The molecule has 2 atom stereocenters. The summed E-state index contributed by atoms with van der Waals surface area (Å²) in [6, 6.07) is 18.1. The zero-order chi connectivity index (χ0) is 29.4. The highest BCUT2D eigenvalue weighted by atomic mass is 35.5. The lowest BCUT2D eigenvalue weighted by Crippen LogP contribution is -2.54. The van der Waals surface area contributed by atoms with Crippen LogP contribution in [0.1, 0.15) is 31.4 Å². The Bertz CT molecular complexity index is 1420. The van der Waals surface area contributed by atoms with E-state index in [-0.39, 0.29) is 40.6 Å². The van der Waals surface area contributed by atoms with Gasteiger partial charge in [0, 0.05) is 19.0 Å². The molecule has 0 unspecified atom stereocenters. The predicted octanol–water partition coefficient (Wildman–Crippen LogP) is 5.45. The number of rotatable bonds is 12. The number of hydrogen-bond acceptors (Lipinski definition) is 4. The molecule has 0 fully saturated rings. The van der Waals surface area contributed by atoms with Crippen molar-refractivity contribution in [2.24, 2.45) is 0 Å².